The topological polar surface area (TPSA) is 69.6 Å². The molecule has 1 fully saturated rings. The zero-order valence-electron chi connectivity index (χ0n) is 8.87. The van der Waals surface area contributed by atoms with Crippen molar-refractivity contribution in [2.45, 2.75) is 25.7 Å². The van der Waals surface area contributed by atoms with Crippen molar-refractivity contribution in [3.63, 3.8) is 0 Å². The van der Waals surface area contributed by atoms with Crippen LogP contribution in [0.3, 0.4) is 0 Å². The first-order chi connectivity index (χ1) is 7.20. The van der Waals surface area contributed by atoms with Crippen LogP contribution in [0.5, 0.6) is 0 Å². The highest BCUT2D eigenvalue weighted by Crippen LogP contribution is 2.07. The van der Waals surface area contributed by atoms with Crippen molar-refractivity contribution in [2.24, 2.45) is 0 Å². The molecule has 86 valence electrons. The summed E-state index contributed by atoms with van der Waals surface area (Å²) in [5.74, 6) is -0.756. The molecule has 5 heteroatoms. The molecule has 0 saturated carbocycles. The Balaban J connectivity index is 2.09. The van der Waals surface area contributed by atoms with E-state index in [1.165, 1.54) is 6.42 Å². The van der Waals surface area contributed by atoms with E-state index in [4.69, 9.17) is 5.11 Å². The van der Waals surface area contributed by atoms with Gasteiger partial charge in [-0.3, -0.25) is 9.59 Å². The molecule has 1 rings (SSSR count). The molecule has 1 saturated heterocycles. The van der Waals surface area contributed by atoms with Crippen LogP contribution >= 0.6 is 0 Å². The van der Waals surface area contributed by atoms with Crippen LogP contribution in [0.1, 0.15) is 25.7 Å². The maximum atomic E-state index is 11.6. The van der Waals surface area contributed by atoms with Crippen molar-refractivity contribution in [2.75, 3.05) is 26.2 Å². The second kappa shape index (κ2) is 6.40. The number of carbonyl (C=O) groups is 2. The number of hydrogen-bond acceptors (Lipinski definition) is 3. The molecule has 0 radical (unpaired) electrons. The molecule has 0 aliphatic carbocycles. The largest absolute Gasteiger partial charge is 0.481 e. The Morgan fingerprint density at radius 2 is 1.87 bits per heavy atom. The van der Waals surface area contributed by atoms with Gasteiger partial charge in [0.25, 0.3) is 0 Å². The van der Waals surface area contributed by atoms with Gasteiger partial charge in [0.15, 0.2) is 0 Å². The molecule has 0 spiro atoms. The molecular formula is C10H18N2O3. The normalized spacial score (nSPS) is 16.4. The fourth-order valence-electron chi connectivity index (χ4n) is 1.65. The minimum absolute atomic E-state index is 0.0628. The van der Waals surface area contributed by atoms with Crippen LogP contribution in [0, 0.1) is 0 Å². The van der Waals surface area contributed by atoms with Crippen LogP contribution in [0.2, 0.25) is 0 Å². The summed E-state index contributed by atoms with van der Waals surface area (Å²) in [4.78, 5) is 23.6. The minimum atomic E-state index is -0.840. The number of carboxylic acid groups (broad SMARTS) is 1. The highest BCUT2D eigenvalue weighted by atomic mass is 16.4. The Morgan fingerprint density at radius 1 is 1.20 bits per heavy atom. The Labute approximate surface area is 89.4 Å². The molecule has 0 unspecified atom stereocenters. The first-order valence-electron chi connectivity index (χ1n) is 5.40. The molecular weight excluding hydrogens is 196 g/mol. The van der Waals surface area contributed by atoms with Crippen LogP contribution in [0.4, 0.5) is 0 Å². The first-order valence-corrected chi connectivity index (χ1v) is 5.40. The molecule has 1 aliphatic heterocycles. The fourth-order valence-corrected chi connectivity index (χ4v) is 1.65. The standard InChI is InChI=1S/C10H18N2O3/c13-9(8-11-5-4-10(14)15)12-6-2-1-3-7-12/h11H,1-8H2,(H,14,15). The number of nitrogens with zero attached hydrogens (tertiary/aromatic N) is 1. The third-order valence-electron chi connectivity index (χ3n) is 2.50. The monoisotopic (exact) mass is 214 g/mol. The Kier molecular flexibility index (Phi) is 5.10. The van der Waals surface area contributed by atoms with E-state index in [9.17, 15) is 9.59 Å². The molecule has 0 bridgehead atoms. The molecule has 0 aromatic carbocycles. The van der Waals surface area contributed by atoms with Gasteiger partial charge in [0.2, 0.25) is 5.91 Å². The van der Waals surface area contributed by atoms with E-state index in [0.29, 0.717) is 6.54 Å². The smallest absolute Gasteiger partial charge is 0.304 e. The summed E-state index contributed by atoms with van der Waals surface area (Å²) in [7, 11) is 0. The quantitative estimate of drug-likeness (QED) is 0.635. The van der Waals surface area contributed by atoms with Gasteiger partial charge < -0.3 is 15.3 Å². The van der Waals surface area contributed by atoms with Gasteiger partial charge in [0.1, 0.15) is 0 Å². The lowest BCUT2D eigenvalue weighted by atomic mass is 10.1. The summed E-state index contributed by atoms with van der Waals surface area (Å²) in [6.45, 7) is 2.31. The number of hydrogen-bond donors (Lipinski definition) is 2. The Hall–Kier alpha value is -1.10. The maximum Gasteiger partial charge on any atom is 0.304 e. The number of carboxylic acids is 1. The van der Waals surface area contributed by atoms with Crippen LogP contribution in [-0.4, -0.2) is 48.1 Å². The van der Waals surface area contributed by atoms with E-state index in [0.717, 1.165) is 25.9 Å². The summed E-state index contributed by atoms with van der Waals surface area (Å²) >= 11 is 0. The molecule has 1 aliphatic rings. The highest BCUT2D eigenvalue weighted by molar-refractivity contribution is 5.78. The minimum Gasteiger partial charge on any atom is -0.481 e. The number of aliphatic carboxylic acids is 1. The van der Waals surface area contributed by atoms with Crippen molar-refractivity contribution in [3.8, 4) is 0 Å². The third kappa shape index (κ3) is 4.78. The number of likely N-dealkylation sites (tertiary alicyclic amines) is 1. The molecule has 1 heterocycles. The van der Waals surface area contributed by atoms with E-state index in [2.05, 4.69) is 5.32 Å². The summed E-state index contributed by atoms with van der Waals surface area (Å²) in [6.07, 6.45) is 3.44. The predicted molar refractivity (Wildman–Crippen MR) is 55.6 cm³/mol. The van der Waals surface area contributed by atoms with E-state index in [1.807, 2.05) is 4.90 Å². The molecule has 1 amide bonds. The molecule has 5 nitrogen and oxygen atoms in total. The second-order valence-corrected chi connectivity index (χ2v) is 3.76. The van der Waals surface area contributed by atoms with Crippen molar-refractivity contribution >= 4 is 11.9 Å². The van der Waals surface area contributed by atoms with E-state index < -0.39 is 5.97 Å². The lowest BCUT2D eigenvalue weighted by molar-refractivity contribution is -0.137. The summed E-state index contributed by atoms with van der Waals surface area (Å²) in [5.41, 5.74) is 0. The molecule has 2 N–H and O–H groups in total. The SMILES string of the molecule is O=C(O)CCNCC(=O)N1CCCCC1. The average molecular weight is 214 g/mol. The number of rotatable bonds is 5. The van der Waals surface area contributed by atoms with Crippen molar-refractivity contribution in [1.82, 2.24) is 10.2 Å². The van der Waals surface area contributed by atoms with Gasteiger partial charge in [-0.2, -0.15) is 0 Å². The predicted octanol–water partition coefficient (Wildman–Crippen LogP) is 0.0632. The molecule has 0 aromatic rings. The number of carbonyl (C=O) groups excluding carboxylic acids is 1. The van der Waals surface area contributed by atoms with E-state index in [1.54, 1.807) is 0 Å². The summed E-state index contributed by atoms with van der Waals surface area (Å²) in [6, 6.07) is 0. The summed E-state index contributed by atoms with van der Waals surface area (Å²) in [5, 5.41) is 11.2. The van der Waals surface area contributed by atoms with Crippen molar-refractivity contribution in [1.29, 1.82) is 0 Å². The highest BCUT2D eigenvalue weighted by Gasteiger charge is 2.15. The number of piperidine rings is 1. The van der Waals surface area contributed by atoms with Gasteiger partial charge in [0, 0.05) is 19.6 Å². The van der Waals surface area contributed by atoms with Crippen LogP contribution in [0.25, 0.3) is 0 Å². The zero-order chi connectivity index (χ0) is 11.1. The zero-order valence-corrected chi connectivity index (χ0v) is 8.87. The Morgan fingerprint density at radius 3 is 2.47 bits per heavy atom. The van der Waals surface area contributed by atoms with Gasteiger partial charge in [0.05, 0.1) is 13.0 Å². The van der Waals surface area contributed by atoms with Crippen molar-refractivity contribution < 1.29 is 14.7 Å². The number of amides is 1. The molecule has 15 heavy (non-hydrogen) atoms. The summed E-state index contributed by atoms with van der Waals surface area (Å²) < 4.78 is 0. The van der Waals surface area contributed by atoms with Crippen LogP contribution in [0.15, 0.2) is 0 Å². The second-order valence-electron chi connectivity index (χ2n) is 3.76. The van der Waals surface area contributed by atoms with E-state index in [-0.39, 0.29) is 18.9 Å². The molecule has 0 atom stereocenters. The lowest BCUT2D eigenvalue weighted by Gasteiger charge is -2.26. The van der Waals surface area contributed by atoms with Crippen molar-refractivity contribution in [3.05, 3.63) is 0 Å². The van der Waals surface area contributed by atoms with Crippen LogP contribution < -0.4 is 5.32 Å². The fraction of sp³-hybridized carbons (Fsp3) is 0.800. The van der Waals surface area contributed by atoms with Gasteiger partial charge >= 0.3 is 5.97 Å². The van der Waals surface area contributed by atoms with Crippen LogP contribution in [-0.2, 0) is 9.59 Å². The van der Waals surface area contributed by atoms with Gasteiger partial charge in [-0.25, -0.2) is 0 Å². The molecule has 0 aromatic heterocycles. The maximum absolute atomic E-state index is 11.6. The third-order valence-corrected chi connectivity index (χ3v) is 2.50. The average Bonchev–Trinajstić information content (AvgIpc) is 2.25. The number of nitrogens with one attached hydrogen (secondary N) is 1. The van der Waals surface area contributed by atoms with E-state index >= 15 is 0 Å². The van der Waals surface area contributed by atoms with Gasteiger partial charge in [-0.05, 0) is 19.3 Å². The van der Waals surface area contributed by atoms with Gasteiger partial charge in [-0.1, -0.05) is 0 Å². The Bertz CT molecular complexity index is 225. The lowest BCUT2D eigenvalue weighted by Crippen LogP contribution is -2.41. The van der Waals surface area contributed by atoms with Gasteiger partial charge in [-0.15, -0.1) is 0 Å². The first kappa shape index (κ1) is 12.0.